The number of nitrogens with one attached hydrogen (secondary N) is 1. The molecule has 1 aliphatic carbocycles. The summed E-state index contributed by atoms with van der Waals surface area (Å²) < 4.78 is 5.43. The minimum atomic E-state index is -0.526. The van der Waals surface area contributed by atoms with Gasteiger partial charge in [0.1, 0.15) is 12.4 Å². The standard InChI is InChI=1S/C11H16N2O2/c1-9-3-2-4-10(6-5-9)15-8-7-13-11(12)14/h3-6H,2,7-8H2,1H3,(H3,12,13,14). The maximum atomic E-state index is 10.4. The van der Waals surface area contributed by atoms with Crippen molar-refractivity contribution in [3.05, 3.63) is 35.6 Å². The van der Waals surface area contributed by atoms with Crippen LogP contribution in [0.3, 0.4) is 0 Å². The maximum Gasteiger partial charge on any atom is 0.312 e. The smallest absolute Gasteiger partial charge is 0.312 e. The first-order valence-electron chi connectivity index (χ1n) is 4.89. The fraction of sp³-hybridized carbons (Fsp3) is 0.364. The Kier molecular flexibility index (Phi) is 4.47. The van der Waals surface area contributed by atoms with E-state index in [1.54, 1.807) is 0 Å². The van der Waals surface area contributed by atoms with Crippen LogP contribution in [-0.2, 0) is 4.74 Å². The van der Waals surface area contributed by atoms with Crippen LogP contribution in [0.15, 0.2) is 35.6 Å². The lowest BCUT2D eigenvalue weighted by Gasteiger charge is -2.06. The highest BCUT2D eigenvalue weighted by molar-refractivity contribution is 5.71. The van der Waals surface area contributed by atoms with Gasteiger partial charge in [0, 0.05) is 0 Å². The van der Waals surface area contributed by atoms with Gasteiger partial charge in [-0.25, -0.2) is 4.79 Å². The van der Waals surface area contributed by atoms with E-state index in [-0.39, 0.29) is 0 Å². The SMILES string of the molecule is CC1=CCC=C(OCCNC(N)=O)C=C1. The van der Waals surface area contributed by atoms with Gasteiger partial charge in [0.05, 0.1) is 6.54 Å². The predicted molar refractivity (Wildman–Crippen MR) is 59.1 cm³/mol. The van der Waals surface area contributed by atoms with E-state index in [1.807, 2.05) is 25.2 Å². The summed E-state index contributed by atoms with van der Waals surface area (Å²) in [5.74, 6) is 0.828. The lowest BCUT2D eigenvalue weighted by molar-refractivity contribution is 0.217. The number of carbonyl (C=O) groups excluding carboxylic acids is 1. The van der Waals surface area contributed by atoms with Gasteiger partial charge >= 0.3 is 6.03 Å². The van der Waals surface area contributed by atoms with E-state index in [2.05, 4.69) is 11.4 Å². The Morgan fingerprint density at radius 2 is 2.33 bits per heavy atom. The first kappa shape index (κ1) is 11.4. The van der Waals surface area contributed by atoms with Crippen LogP contribution in [0.25, 0.3) is 0 Å². The van der Waals surface area contributed by atoms with Gasteiger partial charge in [-0.05, 0) is 25.5 Å². The molecule has 0 aromatic rings. The van der Waals surface area contributed by atoms with Crippen LogP contribution in [0, 0.1) is 0 Å². The van der Waals surface area contributed by atoms with Gasteiger partial charge in [-0.3, -0.25) is 0 Å². The summed E-state index contributed by atoms with van der Waals surface area (Å²) in [6.07, 6.45) is 8.91. The number of hydrogen-bond acceptors (Lipinski definition) is 2. The molecular weight excluding hydrogens is 192 g/mol. The van der Waals surface area contributed by atoms with Gasteiger partial charge in [0.2, 0.25) is 0 Å². The van der Waals surface area contributed by atoms with Crippen molar-refractivity contribution in [2.24, 2.45) is 5.73 Å². The molecule has 3 N–H and O–H groups in total. The summed E-state index contributed by atoms with van der Waals surface area (Å²) in [6, 6.07) is -0.526. The minimum absolute atomic E-state index is 0.424. The summed E-state index contributed by atoms with van der Waals surface area (Å²) in [6.45, 7) is 2.90. The fourth-order valence-corrected chi connectivity index (χ4v) is 1.16. The van der Waals surface area contributed by atoms with Crippen LogP contribution >= 0.6 is 0 Å². The van der Waals surface area contributed by atoms with Gasteiger partial charge in [0.25, 0.3) is 0 Å². The second kappa shape index (κ2) is 5.90. The Balaban J connectivity index is 2.25. The molecule has 0 radical (unpaired) electrons. The van der Waals surface area contributed by atoms with Crippen molar-refractivity contribution in [1.82, 2.24) is 5.32 Å². The van der Waals surface area contributed by atoms with Crippen molar-refractivity contribution in [3.63, 3.8) is 0 Å². The Morgan fingerprint density at radius 1 is 1.53 bits per heavy atom. The van der Waals surface area contributed by atoms with Crippen LogP contribution in [0.5, 0.6) is 0 Å². The van der Waals surface area contributed by atoms with E-state index in [1.165, 1.54) is 5.57 Å². The molecule has 0 saturated carbocycles. The summed E-state index contributed by atoms with van der Waals surface area (Å²) in [4.78, 5) is 10.4. The first-order chi connectivity index (χ1) is 7.18. The highest BCUT2D eigenvalue weighted by Crippen LogP contribution is 2.10. The number of rotatable bonds is 4. The molecule has 0 aromatic carbocycles. The van der Waals surface area contributed by atoms with Crippen LogP contribution in [0.1, 0.15) is 13.3 Å². The summed E-state index contributed by atoms with van der Waals surface area (Å²) >= 11 is 0. The molecule has 4 heteroatoms. The zero-order valence-corrected chi connectivity index (χ0v) is 8.82. The second-order valence-electron chi connectivity index (χ2n) is 3.26. The molecule has 0 aromatic heterocycles. The van der Waals surface area contributed by atoms with Gasteiger partial charge in [-0.2, -0.15) is 0 Å². The van der Waals surface area contributed by atoms with Gasteiger partial charge in [-0.1, -0.05) is 17.7 Å². The average Bonchev–Trinajstić information content (AvgIpc) is 2.38. The Hall–Kier alpha value is -1.71. The molecule has 1 rings (SSSR count). The van der Waals surface area contributed by atoms with Crippen molar-refractivity contribution < 1.29 is 9.53 Å². The van der Waals surface area contributed by atoms with Crippen LogP contribution in [0.4, 0.5) is 4.79 Å². The van der Waals surface area contributed by atoms with Gasteiger partial charge in [0.15, 0.2) is 0 Å². The van der Waals surface area contributed by atoms with E-state index < -0.39 is 6.03 Å². The molecule has 0 bridgehead atoms. The Morgan fingerprint density at radius 3 is 3.07 bits per heavy atom. The first-order valence-corrected chi connectivity index (χ1v) is 4.89. The number of hydrogen-bond donors (Lipinski definition) is 2. The zero-order valence-electron chi connectivity index (χ0n) is 8.82. The maximum absolute atomic E-state index is 10.4. The second-order valence-corrected chi connectivity index (χ2v) is 3.26. The number of carbonyl (C=O) groups is 1. The molecule has 0 atom stereocenters. The van der Waals surface area contributed by atoms with Crippen LogP contribution in [-0.4, -0.2) is 19.2 Å². The molecule has 82 valence electrons. The predicted octanol–water partition coefficient (Wildman–Crippen LogP) is 1.46. The quantitative estimate of drug-likeness (QED) is 0.687. The molecule has 0 saturated heterocycles. The Bertz CT molecular complexity index is 317. The molecule has 0 spiro atoms. The third-order valence-corrected chi connectivity index (χ3v) is 1.94. The van der Waals surface area contributed by atoms with E-state index in [0.29, 0.717) is 13.2 Å². The topological polar surface area (TPSA) is 64.3 Å². The van der Waals surface area contributed by atoms with Crippen LogP contribution in [0.2, 0.25) is 0 Å². The number of primary amides is 1. The fourth-order valence-electron chi connectivity index (χ4n) is 1.16. The normalized spacial score (nSPS) is 15.0. The highest BCUT2D eigenvalue weighted by Gasteiger charge is 1.97. The number of ether oxygens (including phenoxy) is 1. The van der Waals surface area contributed by atoms with Crippen LogP contribution < -0.4 is 11.1 Å². The zero-order chi connectivity index (χ0) is 11.1. The van der Waals surface area contributed by atoms with Crippen molar-refractivity contribution in [1.29, 1.82) is 0 Å². The molecule has 0 fully saturated rings. The van der Waals surface area contributed by atoms with Gasteiger partial charge in [-0.15, -0.1) is 0 Å². The molecule has 0 unspecified atom stereocenters. The molecule has 2 amide bonds. The van der Waals surface area contributed by atoms with E-state index >= 15 is 0 Å². The lowest BCUT2D eigenvalue weighted by Crippen LogP contribution is -2.32. The lowest BCUT2D eigenvalue weighted by atomic mass is 10.2. The van der Waals surface area contributed by atoms with Crippen molar-refractivity contribution in [2.75, 3.05) is 13.2 Å². The number of allylic oxidation sites excluding steroid dienone is 5. The Labute approximate surface area is 89.5 Å². The monoisotopic (exact) mass is 208 g/mol. The molecule has 0 aliphatic heterocycles. The largest absolute Gasteiger partial charge is 0.492 e. The van der Waals surface area contributed by atoms with Crippen molar-refractivity contribution >= 4 is 6.03 Å². The number of nitrogens with two attached hydrogens (primary N) is 1. The highest BCUT2D eigenvalue weighted by atomic mass is 16.5. The average molecular weight is 208 g/mol. The molecule has 4 nitrogen and oxygen atoms in total. The summed E-state index contributed by atoms with van der Waals surface area (Å²) in [5.41, 5.74) is 6.13. The summed E-state index contributed by atoms with van der Waals surface area (Å²) in [5, 5.41) is 2.46. The van der Waals surface area contributed by atoms with Gasteiger partial charge < -0.3 is 15.8 Å². The number of urea groups is 1. The van der Waals surface area contributed by atoms with E-state index in [9.17, 15) is 4.79 Å². The third kappa shape index (κ3) is 4.90. The van der Waals surface area contributed by atoms with Crippen molar-refractivity contribution in [2.45, 2.75) is 13.3 Å². The number of amides is 2. The molecular formula is C11H16N2O2. The molecule has 15 heavy (non-hydrogen) atoms. The molecule has 1 aliphatic rings. The molecule has 0 heterocycles. The van der Waals surface area contributed by atoms with E-state index in [0.717, 1.165) is 12.2 Å². The summed E-state index contributed by atoms with van der Waals surface area (Å²) in [7, 11) is 0. The third-order valence-electron chi connectivity index (χ3n) is 1.94. The van der Waals surface area contributed by atoms with Crippen molar-refractivity contribution in [3.8, 4) is 0 Å². The van der Waals surface area contributed by atoms with E-state index in [4.69, 9.17) is 10.5 Å². The minimum Gasteiger partial charge on any atom is -0.492 e.